The zero-order valence-corrected chi connectivity index (χ0v) is 12.7. The Balaban J connectivity index is 1.84. The van der Waals surface area contributed by atoms with Crippen molar-refractivity contribution in [3.05, 3.63) is 35.4 Å². The van der Waals surface area contributed by atoms with Crippen LogP contribution in [0.25, 0.3) is 0 Å². The molecule has 1 aromatic carbocycles. The van der Waals surface area contributed by atoms with Gasteiger partial charge in [-0.3, -0.25) is 9.59 Å². The summed E-state index contributed by atoms with van der Waals surface area (Å²) < 4.78 is 0. The largest absolute Gasteiger partial charge is 0.368 e. The number of primary amides is 1. The minimum atomic E-state index is -0.541. The van der Waals surface area contributed by atoms with Gasteiger partial charge in [0.05, 0.1) is 0 Å². The highest BCUT2D eigenvalue weighted by Gasteiger charge is 2.37. The van der Waals surface area contributed by atoms with Gasteiger partial charge in [0.1, 0.15) is 6.04 Å². The summed E-state index contributed by atoms with van der Waals surface area (Å²) in [6, 6.07) is 7.48. The first-order valence-corrected chi connectivity index (χ1v) is 7.98. The normalized spacial score (nSPS) is 28.0. The van der Waals surface area contributed by atoms with E-state index in [0.717, 1.165) is 30.4 Å². The molecule has 0 aromatic heterocycles. The predicted molar refractivity (Wildman–Crippen MR) is 83.6 cm³/mol. The van der Waals surface area contributed by atoms with Crippen LogP contribution in [0.1, 0.15) is 36.8 Å². The molecule has 1 saturated carbocycles. The van der Waals surface area contributed by atoms with Crippen LogP contribution in [-0.4, -0.2) is 28.8 Å². The third-order valence-corrected chi connectivity index (χ3v) is 4.92. The van der Waals surface area contributed by atoms with Crippen LogP contribution in [0, 0.1) is 5.92 Å². The number of benzene rings is 1. The number of carbonyl (C=O) groups is 2. The molecule has 1 fully saturated rings. The first-order valence-electron chi connectivity index (χ1n) is 7.98. The Morgan fingerprint density at radius 3 is 2.55 bits per heavy atom. The van der Waals surface area contributed by atoms with Crippen molar-refractivity contribution < 1.29 is 9.59 Å². The Kier molecular flexibility index (Phi) is 4.16. The van der Waals surface area contributed by atoms with Gasteiger partial charge in [0, 0.05) is 24.9 Å². The van der Waals surface area contributed by atoms with Crippen LogP contribution in [0.2, 0.25) is 0 Å². The van der Waals surface area contributed by atoms with Gasteiger partial charge < -0.3 is 16.4 Å². The van der Waals surface area contributed by atoms with Gasteiger partial charge in [-0.15, -0.1) is 0 Å². The monoisotopic (exact) mass is 301 g/mol. The van der Waals surface area contributed by atoms with Gasteiger partial charge >= 0.3 is 0 Å². The molecular weight excluding hydrogens is 278 g/mol. The number of carbonyl (C=O) groups excluding carboxylic acids is 2. The lowest BCUT2D eigenvalue weighted by Crippen LogP contribution is -2.53. The Morgan fingerprint density at radius 2 is 1.86 bits per heavy atom. The second-order valence-corrected chi connectivity index (χ2v) is 6.48. The summed E-state index contributed by atoms with van der Waals surface area (Å²) in [4.78, 5) is 26.4. The Labute approximate surface area is 130 Å². The van der Waals surface area contributed by atoms with E-state index in [1.165, 1.54) is 0 Å². The van der Waals surface area contributed by atoms with Crippen molar-refractivity contribution in [1.82, 2.24) is 4.90 Å². The number of hydrogen-bond acceptors (Lipinski definition) is 3. The number of rotatable bonds is 2. The second-order valence-electron chi connectivity index (χ2n) is 6.48. The van der Waals surface area contributed by atoms with Crippen LogP contribution in [0.4, 0.5) is 0 Å². The van der Waals surface area contributed by atoms with Crippen LogP contribution < -0.4 is 11.5 Å². The third-order valence-electron chi connectivity index (χ3n) is 4.92. The molecule has 4 N–H and O–H groups in total. The molecule has 2 aliphatic rings. The molecule has 22 heavy (non-hydrogen) atoms. The fraction of sp³-hybridized carbons (Fsp3) is 0.529. The lowest BCUT2D eigenvalue weighted by molar-refractivity contribution is -0.145. The molecule has 1 aliphatic heterocycles. The van der Waals surface area contributed by atoms with Crippen LogP contribution in [-0.2, 0) is 22.6 Å². The van der Waals surface area contributed by atoms with Gasteiger partial charge in [0.25, 0.3) is 0 Å². The van der Waals surface area contributed by atoms with Crippen molar-refractivity contribution >= 4 is 11.8 Å². The van der Waals surface area contributed by atoms with Gasteiger partial charge in [0.2, 0.25) is 11.8 Å². The summed E-state index contributed by atoms with van der Waals surface area (Å²) in [5.41, 5.74) is 13.8. The number of fused-ring (bicyclic) bond motifs is 1. The maximum Gasteiger partial charge on any atom is 0.240 e. The molecule has 3 unspecified atom stereocenters. The standard InChI is InChI=1S/C17H23N3O2/c18-14-7-3-6-12(8-14)17(22)20-10-13-5-2-1-4-11(13)9-15(20)16(19)21/h1-2,4-5,12,14-15H,3,6-10,18H2,(H2,19,21). The molecule has 3 atom stereocenters. The molecular formula is C17H23N3O2. The average molecular weight is 301 g/mol. The summed E-state index contributed by atoms with van der Waals surface area (Å²) in [5.74, 6) is -0.465. The number of hydrogen-bond donors (Lipinski definition) is 2. The minimum absolute atomic E-state index is 0.0356. The molecule has 1 aromatic rings. The number of nitrogens with two attached hydrogens (primary N) is 2. The van der Waals surface area contributed by atoms with E-state index in [2.05, 4.69) is 0 Å². The molecule has 2 amide bonds. The summed E-state index contributed by atoms with van der Waals surface area (Å²) in [7, 11) is 0. The number of nitrogens with zero attached hydrogens (tertiary/aromatic N) is 1. The zero-order chi connectivity index (χ0) is 15.7. The Morgan fingerprint density at radius 1 is 1.14 bits per heavy atom. The smallest absolute Gasteiger partial charge is 0.240 e. The number of amides is 2. The molecule has 3 rings (SSSR count). The molecule has 0 bridgehead atoms. The molecule has 118 valence electrons. The van der Waals surface area contributed by atoms with Crippen molar-refractivity contribution in [2.45, 2.75) is 50.7 Å². The maximum atomic E-state index is 12.9. The highest BCUT2D eigenvalue weighted by atomic mass is 16.2. The molecule has 5 nitrogen and oxygen atoms in total. The first-order chi connectivity index (χ1) is 10.6. The first kappa shape index (κ1) is 15.0. The van der Waals surface area contributed by atoms with Crippen LogP contribution >= 0.6 is 0 Å². The SMILES string of the molecule is NC(=O)C1Cc2ccccc2CN1C(=O)C1CCCC(N)C1. The van der Waals surface area contributed by atoms with E-state index < -0.39 is 11.9 Å². The molecule has 0 radical (unpaired) electrons. The summed E-state index contributed by atoms with van der Waals surface area (Å²) in [6.07, 6.45) is 4.03. The van der Waals surface area contributed by atoms with Gasteiger partial charge in [-0.05, 0) is 30.4 Å². The topological polar surface area (TPSA) is 89.4 Å². The van der Waals surface area contributed by atoms with Crippen molar-refractivity contribution in [2.75, 3.05) is 0 Å². The van der Waals surface area contributed by atoms with Gasteiger partial charge in [-0.1, -0.05) is 30.7 Å². The van der Waals surface area contributed by atoms with Gasteiger partial charge in [-0.2, -0.15) is 0 Å². The molecule has 1 heterocycles. The molecule has 0 spiro atoms. The van der Waals surface area contributed by atoms with E-state index in [1.54, 1.807) is 4.90 Å². The fourth-order valence-corrected chi connectivity index (χ4v) is 3.70. The zero-order valence-electron chi connectivity index (χ0n) is 12.7. The van der Waals surface area contributed by atoms with Crippen LogP contribution in [0.5, 0.6) is 0 Å². The van der Waals surface area contributed by atoms with E-state index in [-0.39, 0.29) is 17.9 Å². The second kappa shape index (κ2) is 6.08. The van der Waals surface area contributed by atoms with E-state index in [1.807, 2.05) is 24.3 Å². The third kappa shape index (κ3) is 2.86. The van der Waals surface area contributed by atoms with Gasteiger partial charge in [0.15, 0.2) is 0 Å². The highest BCUT2D eigenvalue weighted by molar-refractivity contribution is 5.88. The van der Waals surface area contributed by atoms with E-state index in [9.17, 15) is 9.59 Å². The van der Waals surface area contributed by atoms with Gasteiger partial charge in [-0.25, -0.2) is 0 Å². The highest BCUT2D eigenvalue weighted by Crippen LogP contribution is 2.29. The Bertz CT molecular complexity index is 587. The quantitative estimate of drug-likeness (QED) is 0.852. The maximum absolute atomic E-state index is 12.9. The van der Waals surface area contributed by atoms with E-state index in [4.69, 9.17) is 11.5 Å². The molecule has 1 aliphatic carbocycles. The lowest BCUT2D eigenvalue weighted by atomic mass is 9.84. The van der Waals surface area contributed by atoms with Crippen molar-refractivity contribution in [2.24, 2.45) is 17.4 Å². The van der Waals surface area contributed by atoms with E-state index in [0.29, 0.717) is 19.4 Å². The van der Waals surface area contributed by atoms with Crippen molar-refractivity contribution in [3.8, 4) is 0 Å². The van der Waals surface area contributed by atoms with Crippen molar-refractivity contribution in [1.29, 1.82) is 0 Å². The summed E-state index contributed by atoms with van der Waals surface area (Å²) in [5, 5.41) is 0. The lowest BCUT2D eigenvalue weighted by Gasteiger charge is -2.38. The van der Waals surface area contributed by atoms with Crippen LogP contribution in [0.3, 0.4) is 0 Å². The predicted octanol–water partition coefficient (Wildman–Crippen LogP) is 0.943. The van der Waals surface area contributed by atoms with E-state index >= 15 is 0 Å². The molecule has 0 saturated heterocycles. The van der Waals surface area contributed by atoms with Crippen LogP contribution in [0.15, 0.2) is 24.3 Å². The molecule has 5 heteroatoms. The summed E-state index contributed by atoms with van der Waals surface area (Å²) >= 11 is 0. The minimum Gasteiger partial charge on any atom is -0.368 e. The average Bonchev–Trinajstić information content (AvgIpc) is 2.52. The summed E-state index contributed by atoms with van der Waals surface area (Å²) in [6.45, 7) is 0.467. The Hall–Kier alpha value is -1.88. The van der Waals surface area contributed by atoms with Crippen molar-refractivity contribution in [3.63, 3.8) is 0 Å². The fourth-order valence-electron chi connectivity index (χ4n) is 3.70.